The molecule has 15 heteroatoms. The van der Waals surface area contributed by atoms with Crippen molar-refractivity contribution in [2.75, 3.05) is 17.2 Å². The molecule has 5 heterocycles. The van der Waals surface area contributed by atoms with Crippen molar-refractivity contribution in [2.45, 2.75) is 19.4 Å². The van der Waals surface area contributed by atoms with Crippen LogP contribution in [0.1, 0.15) is 12.0 Å². The summed E-state index contributed by atoms with van der Waals surface area (Å²) in [6.45, 7) is 0.238. The van der Waals surface area contributed by atoms with Crippen molar-refractivity contribution in [2.24, 2.45) is 0 Å². The van der Waals surface area contributed by atoms with Crippen LogP contribution in [0.2, 0.25) is 0 Å². The number of benzene rings is 2. The first-order chi connectivity index (χ1) is 24.5. The number of pyridine rings is 2. The zero-order valence-electron chi connectivity index (χ0n) is 26.4. The molecule has 7 aromatic rings. The summed E-state index contributed by atoms with van der Waals surface area (Å²) in [5.41, 5.74) is 4.87. The van der Waals surface area contributed by atoms with Gasteiger partial charge in [0.2, 0.25) is 17.8 Å². The van der Waals surface area contributed by atoms with Crippen LogP contribution in [0.4, 0.5) is 11.9 Å². The molecule has 0 spiro atoms. The van der Waals surface area contributed by atoms with Crippen LogP contribution in [0.25, 0.3) is 45.1 Å². The highest BCUT2D eigenvalue weighted by Crippen LogP contribution is 2.26. The van der Waals surface area contributed by atoms with E-state index in [1.54, 1.807) is 42.7 Å². The molecule has 0 fully saturated rings. The number of nitriles is 1. The van der Waals surface area contributed by atoms with Gasteiger partial charge in [-0.2, -0.15) is 5.26 Å². The molecule has 4 N–H and O–H groups in total. The lowest BCUT2D eigenvalue weighted by Crippen LogP contribution is -2.20. The van der Waals surface area contributed by atoms with Gasteiger partial charge in [-0.1, -0.05) is 36.4 Å². The monoisotopic (exact) mass is 664 g/mol. The first-order valence-corrected chi connectivity index (χ1v) is 15.5. The number of H-pyrrole nitrogens is 2. The Hall–Kier alpha value is -7.21. The van der Waals surface area contributed by atoms with Crippen molar-refractivity contribution in [1.29, 1.82) is 5.26 Å². The van der Waals surface area contributed by atoms with Crippen molar-refractivity contribution in [1.82, 2.24) is 44.9 Å². The number of aromatic amines is 2. The number of aryl methyl sites for hydroxylation is 1. The highest BCUT2D eigenvalue weighted by Gasteiger charge is 2.13. The highest BCUT2D eigenvalue weighted by atomic mass is 16.5. The second-order valence-corrected chi connectivity index (χ2v) is 11.1. The first kappa shape index (κ1) is 31.4. The number of rotatable bonds is 12. The fourth-order valence-corrected chi connectivity index (χ4v) is 5.16. The standard InChI is InChI=1S/C35H28N12O3/c36-15-12-22-4-9-26(10-5-22)50-21-31(49)40-35-42-33(44-46-35)28-11-8-25(20-38-28)24-7-6-23-13-17-47(29(23)19-24)18-14-30(48)39-34-41-32(43-45-34)27-3-1-2-16-37-27/h1-11,13,16-17,19-20H,12,14,18,21H2,(H2,39,41,43,45,48)(H2,40,42,44,46,49). The van der Waals surface area contributed by atoms with Gasteiger partial charge in [0, 0.05) is 42.6 Å². The summed E-state index contributed by atoms with van der Waals surface area (Å²) < 4.78 is 7.54. The predicted octanol–water partition coefficient (Wildman–Crippen LogP) is 4.78. The van der Waals surface area contributed by atoms with E-state index < -0.39 is 5.91 Å². The molecule has 0 unspecified atom stereocenters. The molecule has 0 bridgehead atoms. The van der Waals surface area contributed by atoms with Gasteiger partial charge in [-0.15, -0.1) is 20.4 Å². The second kappa shape index (κ2) is 14.3. The molecule has 50 heavy (non-hydrogen) atoms. The van der Waals surface area contributed by atoms with E-state index in [0.717, 1.165) is 27.6 Å². The van der Waals surface area contributed by atoms with Crippen molar-refractivity contribution >= 4 is 34.6 Å². The molecule has 2 aromatic carbocycles. The second-order valence-electron chi connectivity index (χ2n) is 11.1. The Bertz CT molecular complexity index is 2300. The number of nitrogens with zero attached hydrogens (tertiary/aromatic N) is 8. The quantitative estimate of drug-likeness (QED) is 0.141. The number of hydrogen-bond donors (Lipinski definition) is 4. The van der Waals surface area contributed by atoms with Crippen LogP contribution in [-0.2, 0) is 22.6 Å². The van der Waals surface area contributed by atoms with Gasteiger partial charge in [0.1, 0.15) is 17.1 Å². The van der Waals surface area contributed by atoms with Gasteiger partial charge in [0.15, 0.2) is 18.3 Å². The summed E-state index contributed by atoms with van der Waals surface area (Å²) in [7, 11) is 0. The number of amides is 2. The molecule has 0 saturated heterocycles. The van der Waals surface area contributed by atoms with Crippen molar-refractivity contribution in [3.63, 3.8) is 0 Å². The molecule has 0 aliphatic carbocycles. The summed E-state index contributed by atoms with van der Waals surface area (Å²) >= 11 is 0. The third kappa shape index (κ3) is 7.34. The largest absolute Gasteiger partial charge is 0.484 e. The SMILES string of the molecule is N#CCc1ccc(OCC(=O)Nc2nnc(-c3ccc(-c4ccc5ccn(CCC(=O)Nc6nnc(-c7ccccn7)[nH]6)c5c4)cn3)[nH]2)cc1. The maximum atomic E-state index is 12.7. The minimum absolute atomic E-state index is 0.166. The third-order valence-electron chi connectivity index (χ3n) is 7.67. The smallest absolute Gasteiger partial charge is 0.264 e. The average Bonchev–Trinajstić information content (AvgIpc) is 3.91. The Morgan fingerprint density at radius 1 is 0.800 bits per heavy atom. The number of nitrogens with one attached hydrogen (secondary N) is 4. The molecular weight excluding hydrogens is 636 g/mol. The minimum atomic E-state index is -0.414. The van der Waals surface area contributed by atoms with Gasteiger partial charge >= 0.3 is 0 Å². The van der Waals surface area contributed by atoms with Crippen LogP contribution >= 0.6 is 0 Å². The lowest BCUT2D eigenvalue weighted by atomic mass is 10.1. The summed E-state index contributed by atoms with van der Waals surface area (Å²) in [6.07, 6.45) is 5.90. The first-order valence-electron chi connectivity index (χ1n) is 15.5. The van der Waals surface area contributed by atoms with E-state index in [-0.39, 0.29) is 30.8 Å². The average molecular weight is 665 g/mol. The van der Waals surface area contributed by atoms with Crippen LogP contribution in [0.5, 0.6) is 5.75 Å². The van der Waals surface area contributed by atoms with E-state index in [2.05, 4.69) is 63.1 Å². The normalized spacial score (nSPS) is 10.9. The third-order valence-corrected chi connectivity index (χ3v) is 7.67. The van der Waals surface area contributed by atoms with Gasteiger partial charge in [-0.05, 0) is 59.0 Å². The summed E-state index contributed by atoms with van der Waals surface area (Å²) in [5, 5.41) is 31.4. The maximum absolute atomic E-state index is 12.7. The van der Waals surface area contributed by atoms with E-state index in [4.69, 9.17) is 10.00 Å². The van der Waals surface area contributed by atoms with Crippen molar-refractivity contribution in [3.05, 3.63) is 103 Å². The number of ether oxygens (including phenoxy) is 1. The Morgan fingerprint density at radius 3 is 2.24 bits per heavy atom. The van der Waals surface area contributed by atoms with Crippen LogP contribution in [-0.4, -0.2) is 63.3 Å². The number of aromatic nitrogens is 9. The van der Waals surface area contributed by atoms with E-state index in [1.165, 1.54) is 0 Å². The molecule has 15 nitrogen and oxygen atoms in total. The summed E-state index contributed by atoms with van der Waals surface area (Å²) in [4.78, 5) is 39.8. The molecule has 5 aromatic heterocycles. The van der Waals surface area contributed by atoms with Crippen molar-refractivity contribution < 1.29 is 14.3 Å². The molecule has 0 saturated carbocycles. The lowest BCUT2D eigenvalue weighted by Gasteiger charge is -2.08. The minimum Gasteiger partial charge on any atom is -0.484 e. The van der Waals surface area contributed by atoms with Crippen LogP contribution in [0.3, 0.4) is 0 Å². The molecule has 0 aliphatic heterocycles. The predicted molar refractivity (Wildman–Crippen MR) is 183 cm³/mol. The highest BCUT2D eigenvalue weighted by molar-refractivity contribution is 5.91. The van der Waals surface area contributed by atoms with Gasteiger partial charge in [-0.3, -0.25) is 30.2 Å². The zero-order chi connectivity index (χ0) is 34.3. The number of anilines is 2. The van der Waals surface area contributed by atoms with Crippen LogP contribution < -0.4 is 15.4 Å². The topological polar surface area (TPSA) is 205 Å². The molecule has 0 radical (unpaired) electrons. The number of carbonyl (C=O) groups excluding carboxylic acids is 2. The fourth-order valence-electron chi connectivity index (χ4n) is 5.16. The molecule has 2 amide bonds. The fraction of sp³-hybridized carbons (Fsp3) is 0.114. The Labute approximate surface area is 284 Å². The van der Waals surface area contributed by atoms with E-state index in [1.807, 2.05) is 53.2 Å². The molecular formula is C35H28N12O3. The van der Waals surface area contributed by atoms with E-state index >= 15 is 0 Å². The summed E-state index contributed by atoms with van der Waals surface area (Å²) in [5.74, 6) is 1.19. The number of carbonyl (C=O) groups is 2. The van der Waals surface area contributed by atoms with E-state index in [0.29, 0.717) is 41.8 Å². The lowest BCUT2D eigenvalue weighted by molar-refractivity contribution is -0.118. The number of hydrogen-bond acceptors (Lipinski definition) is 10. The van der Waals surface area contributed by atoms with Crippen LogP contribution in [0, 0.1) is 11.3 Å². The Morgan fingerprint density at radius 2 is 1.54 bits per heavy atom. The van der Waals surface area contributed by atoms with E-state index in [9.17, 15) is 9.59 Å². The molecule has 7 rings (SSSR count). The Balaban J connectivity index is 0.941. The summed E-state index contributed by atoms with van der Waals surface area (Å²) in [6, 6.07) is 26.4. The molecule has 246 valence electrons. The maximum Gasteiger partial charge on any atom is 0.264 e. The Kier molecular flexibility index (Phi) is 8.96. The molecule has 0 atom stereocenters. The van der Waals surface area contributed by atoms with Gasteiger partial charge in [-0.25, -0.2) is 0 Å². The van der Waals surface area contributed by atoms with Crippen molar-refractivity contribution in [3.8, 4) is 46.0 Å². The van der Waals surface area contributed by atoms with Crippen LogP contribution in [0.15, 0.2) is 97.5 Å². The van der Waals surface area contributed by atoms with Gasteiger partial charge in [0.25, 0.3) is 5.91 Å². The van der Waals surface area contributed by atoms with Gasteiger partial charge < -0.3 is 19.3 Å². The van der Waals surface area contributed by atoms with Gasteiger partial charge in [0.05, 0.1) is 12.5 Å². The number of fused-ring (bicyclic) bond motifs is 1. The molecule has 0 aliphatic rings. The zero-order valence-corrected chi connectivity index (χ0v) is 26.4.